The topological polar surface area (TPSA) is 73.6 Å². The van der Waals surface area contributed by atoms with Gasteiger partial charge in [-0.2, -0.15) is 5.10 Å². The van der Waals surface area contributed by atoms with Crippen molar-refractivity contribution in [3.63, 3.8) is 0 Å². The third-order valence-corrected chi connectivity index (χ3v) is 3.68. The molecule has 0 aliphatic heterocycles. The number of ether oxygens (including phenoxy) is 2. The largest absolute Gasteiger partial charge is 0.463 e. The first-order valence-corrected chi connectivity index (χ1v) is 8.00. The molecule has 0 radical (unpaired) electrons. The number of rotatable bonds is 5. The predicted molar refractivity (Wildman–Crippen MR) is 94.8 cm³/mol. The predicted octanol–water partition coefficient (Wildman–Crippen LogP) is 2.91. The molecule has 0 aliphatic carbocycles. The van der Waals surface area contributed by atoms with Crippen LogP contribution in [0.15, 0.2) is 42.3 Å². The van der Waals surface area contributed by atoms with Crippen molar-refractivity contribution in [3.05, 3.63) is 53.6 Å². The van der Waals surface area contributed by atoms with Gasteiger partial charge in [0.2, 0.25) is 5.76 Å². The molecule has 0 saturated heterocycles. The second-order valence-electron chi connectivity index (χ2n) is 6.69. The van der Waals surface area contributed by atoms with Gasteiger partial charge < -0.3 is 14.6 Å². The molecule has 2 aromatic rings. The van der Waals surface area contributed by atoms with Crippen LogP contribution in [-0.4, -0.2) is 34.6 Å². The fraction of sp³-hybridized carbons (Fsp3) is 0.368. The Balaban J connectivity index is 2.36. The van der Waals surface area contributed by atoms with Gasteiger partial charge in [-0.05, 0) is 30.7 Å². The van der Waals surface area contributed by atoms with Crippen LogP contribution in [0.5, 0.6) is 5.75 Å². The number of carbonyl (C=O) groups is 1. The lowest BCUT2D eigenvalue weighted by atomic mass is 9.93. The molecule has 1 aromatic heterocycles. The van der Waals surface area contributed by atoms with Crippen LogP contribution in [0.3, 0.4) is 0 Å². The fourth-order valence-corrected chi connectivity index (χ4v) is 2.18. The summed E-state index contributed by atoms with van der Waals surface area (Å²) in [4.78, 5) is 11.7. The number of aromatic nitrogens is 2. The van der Waals surface area contributed by atoms with E-state index in [0.717, 1.165) is 16.9 Å². The smallest absolute Gasteiger partial charge is 0.373 e. The average Bonchev–Trinajstić information content (AvgIpc) is 3.06. The Morgan fingerprint density at radius 1 is 1.32 bits per heavy atom. The number of esters is 1. The second kappa shape index (κ2) is 7.53. The molecule has 25 heavy (non-hydrogen) atoms. The summed E-state index contributed by atoms with van der Waals surface area (Å²) in [6, 6.07) is 7.58. The van der Waals surface area contributed by atoms with Crippen molar-refractivity contribution in [3.8, 4) is 11.4 Å². The maximum Gasteiger partial charge on any atom is 0.373 e. The molecule has 1 heterocycles. The normalized spacial score (nSPS) is 12.2. The average molecular weight is 344 g/mol. The number of carbonyl (C=O) groups excluding carboxylic acids is 1. The number of aliphatic hydroxyl groups is 1. The number of hydrogen-bond donors (Lipinski definition) is 1. The first-order chi connectivity index (χ1) is 11.8. The van der Waals surface area contributed by atoms with E-state index in [1.165, 1.54) is 13.2 Å². The van der Waals surface area contributed by atoms with Gasteiger partial charge in [0.15, 0.2) is 0 Å². The number of aliphatic hydroxyl groups excluding tert-OH is 1. The molecular weight excluding hydrogens is 320 g/mol. The summed E-state index contributed by atoms with van der Waals surface area (Å²) in [5, 5.41) is 13.7. The highest BCUT2D eigenvalue weighted by atomic mass is 16.6. The van der Waals surface area contributed by atoms with Crippen LogP contribution >= 0.6 is 0 Å². The Morgan fingerprint density at radius 3 is 2.60 bits per heavy atom. The molecule has 1 aromatic carbocycles. The van der Waals surface area contributed by atoms with Gasteiger partial charge in [-0.1, -0.05) is 26.8 Å². The zero-order valence-corrected chi connectivity index (χ0v) is 15.2. The van der Waals surface area contributed by atoms with Crippen LogP contribution in [0.25, 0.3) is 5.69 Å². The third-order valence-electron chi connectivity index (χ3n) is 3.68. The molecule has 0 spiro atoms. The minimum absolute atomic E-state index is 0.0445. The zero-order chi connectivity index (χ0) is 18.6. The van der Waals surface area contributed by atoms with E-state index in [-0.39, 0.29) is 17.8 Å². The van der Waals surface area contributed by atoms with Crippen molar-refractivity contribution in [2.24, 2.45) is 0 Å². The summed E-state index contributed by atoms with van der Waals surface area (Å²) >= 11 is 0. The monoisotopic (exact) mass is 344 g/mol. The molecule has 0 unspecified atom stereocenters. The van der Waals surface area contributed by atoms with Crippen LogP contribution in [0.1, 0.15) is 32.0 Å². The first-order valence-electron chi connectivity index (χ1n) is 8.00. The molecule has 0 amide bonds. The highest BCUT2D eigenvalue weighted by molar-refractivity contribution is 5.86. The molecule has 6 nitrogen and oxygen atoms in total. The zero-order valence-electron chi connectivity index (χ0n) is 15.2. The molecule has 0 atom stereocenters. The Kier molecular flexibility index (Phi) is 5.64. The van der Waals surface area contributed by atoms with Crippen LogP contribution < -0.4 is 4.74 Å². The van der Waals surface area contributed by atoms with E-state index in [1.54, 1.807) is 10.7 Å². The van der Waals surface area contributed by atoms with Crippen LogP contribution in [0.4, 0.5) is 0 Å². The van der Waals surface area contributed by atoms with Gasteiger partial charge in [0.05, 0.1) is 25.1 Å². The van der Waals surface area contributed by atoms with Gasteiger partial charge in [0.25, 0.3) is 0 Å². The van der Waals surface area contributed by atoms with Gasteiger partial charge in [-0.25, -0.2) is 9.48 Å². The highest BCUT2D eigenvalue weighted by Gasteiger charge is 2.18. The van der Waals surface area contributed by atoms with Crippen LogP contribution in [-0.2, 0) is 14.9 Å². The molecule has 0 saturated carbocycles. The maximum atomic E-state index is 11.7. The number of nitrogens with zero attached hydrogens (tertiary/aromatic N) is 2. The lowest BCUT2D eigenvalue weighted by molar-refractivity contribution is -0.138. The SMILES string of the molecule is COC(=O)/C(=C/CO)Oc1cc(-n2ccc(C(C)(C)C)n2)ccc1C. The first kappa shape index (κ1) is 18.7. The molecule has 0 aliphatic rings. The molecule has 0 fully saturated rings. The van der Waals surface area contributed by atoms with Crippen LogP contribution in [0.2, 0.25) is 0 Å². The van der Waals surface area contributed by atoms with Gasteiger partial charge in [-0.15, -0.1) is 0 Å². The quantitative estimate of drug-likeness (QED) is 0.513. The molecule has 6 heteroatoms. The number of methoxy groups -OCH3 is 1. The van der Waals surface area contributed by atoms with E-state index in [0.29, 0.717) is 5.75 Å². The van der Waals surface area contributed by atoms with Crippen molar-refractivity contribution >= 4 is 5.97 Å². The Labute approximate surface area is 147 Å². The van der Waals surface area contributed by atoms with E-state index in [1.807, 2.05) is 31.3 Å². The van der Waals surface area contributed by atoms with E-state index in [2.05, 4.69) is 30.6 Å². The number of aryl methyl sites for hydroxylation is 1. The molecule has 0 bridgehead atoms. The lowest BCUT2D eigenvalue weighted by Crippen LogP contribution is -2.13. The van der Waals surface area contributed by atoms with Crippen molar-refractivity contribution in [2.75, 3.05) is 13.7 Å². The Bertz CT molecular complexity index is 785. The molecule has 1 N–H and O–H groups in total. The minimum Gasteiger partial charge on any atom is -0.463 e. The number of benzene rings is 1. The van der Waals surface area contributed by atoms with E-state index in [4.69, 9.17) is 9.84 Å². The second-order valence-corrected chi connectivity index (χ2v) is 6.69. The van der Waals surface area contributed by atoms with Crippen LogP contribution in [0, 0.1) is 6.92 Å². The molecule has 134 valence electrons. The van der Waals surface area contributed by atoms with Gasteiger partial charge in [0, 0.05) is 17.7 Å². The van der Waals surface area contributed by atoms with Crippen molar-refractivity contribution in [2.45, 2.75) is 33.1 Å². The molecular formula is C19H24N2O4. The Hall–Kier alpha value is -2.60. The van der Waals surface area contributed by atoms with Gasteiger partial charge in [0.1, 0.15) is 5.75 Å². The summed E-state index contributed by atoms with van der Waals surface area (Å²) in [5.74, 6) is -0.204. The third kappa shape index (κ3) is 4.48. The van der Waals surface area contributed by atoms with Gasteiger partial charge in [-0.3, -0.25) is 0 Å². The van der Waals surface area contributed by atoms with E-state index >= 15 is 0 Å². The number of hydrogen-bond acceptors (Lipinski definition) is 5. The Morgan fingerprint density at radius 2 is 2.04 bits per heavy atom. The van der Waals surface area contributed by atoms with Crippen molar-refractivity contribution in [1.82, 2.24) is 9.78 Å². The standard InChI is InChI=1S/C19H24N2O4/c1-13-6-7-14(21-10-8-17(20-21)19(2,3)4)12-16(13)25-15(9-11-22)18(23)24-5/h6-10,12,22H,11H2,1-5H3/b15-9-. The van der Waals surface area contributed by atoms with E-state index in [9.17, 15) is 4.79 Å². The van der Waals surface area contributed by atoms with Gasteiger partial charge >= 0.3 is 5.97 Å². The summed E-state index contributed by atoms with van der Waals surface area (Å²) in [6.07, 6.45) is 3.16. The summed E-state index contributed by atoms with van der Waals surface area (Å²) in [5.41, 5.74) is 2.59. The fourth-order valence-electron chi connectivity index (χ4n) is 2.18. The molecule has 2 rings (SSSR count). The summed E-state index contributed by atoms with van der Waals surface area (Å²) < 4.78 is 12.1. The highest BCUT2D eigenvalue weighted by Crippen LogP contribution is 2.26. The van der Waals surface area contributed by atoms with E-state index < -0.39 is 5.97 Å². The maximum absolute atomic E-state index is 11.7. The summed E-state index contributed by atoms with van der Waals surface area (Å²) in [6.45, 7) is 7.86. The minimum atomic E-state index is -0.645. The lowest BCUT2D eigenvalue weighted by Gasteiger charge is -2.15. The van der Waals surface area contributed by atoms with Crippen molar-refractivity contribution < 1.29 is 19.4 Å². The van der Waals surface area contributed by atoms with Crippen molar-refractivity contribution in [1.29, 1.82) is 0 Å². The summed E-state index contributed by atoms with van der Waals surface area (Å²) in [7, 11) is 1.26.